The molecular formula is C32H40N4O4. The maximum atomic E-state index is 12.1. The van der Waals surface area contributed by atoms with Gasteiger partial charge in [-0.2, -0.15) is 0 Å². The number of para-hydroxylation sites is 2. The molecule has 0 spiro atoms. The van der Waals surface area contributed by atoms with E-state index in [0.717, 1.165) is 61.1 Å². The fraction of sp³-hybridized carbons (Fsp3) is 0.438. The highest BCUT2D eigenvalue weighted by Gasteiger charge is 2.16. The molecular weight excluding hydrogens is 504 g/mol. The highest BCUT2D eigenvalue weighted by molar-refractivity contribution is 6.04. The smallest absolute Gasteiger partial charge is 0.340 e. The van der Waals surface area contributed by atoms with Gasteiger partial charge in [0.2, 0.25) is 0 Å². The van der Waals surface area contributed by atoms with E-state index in [0.29, 0.717) is 24.3 Å². The zero-order chi connectivity index (χ0) is 27.6. The largest absolute Gasteiger partial charge is 0.461 e. The molecule has 2 saturated heterocycles. The average molecular weight is 545 g/mol. The van der Waals surface area contributed by atoms with Gasteiger partial charge in [-0.1, -0.05) is 49.2 Å². The third-order valence-corrected chi connectivity index (χ3v) is 7.80. The Hall–Kier alpha value is -3.62. The van der Waals surface area contributed by atoms with Crippen molar-refractivity contribution in [2.45, 2.75) is 38.5 Å². The zero-order valence-electron chi connectivity index (χ0n) is 23.2. The number of likely N-dealkylation sites (tertiary alicyclic amines) is 2. The molecule has 40 heavy (non-hydrogen) atoms. The van der Waals surface area contributed by atoms with Gasteiger partial charge in [-0.15, -0.1) is 0 Å². The summed E-state index contributed by atoms with van der Waals surface area (Å²) in [5, 5.41) is 1.85. The zero-order valence-corrected chi connectivity index (χ0v) is 23.2. The lowest BCUT2D eigenvalue weighted by Gasteiger charge is -2.25. The molecule has 8 nitrogen and oxygen atoms in total. The molecule has 212 valence electrons. The van der Waals surface area contributed by atoms with E-state index >= 15 is 0 Å². The molecule has 2 fully saturated rings. The lowest BCUT2D eigenvalue weighted by Crippen LogP contribution is -2.33. The van der Waals surface area contributed by atoms with Gasteiger partial charge in [0.1, 0.15) is 13.2 Å². The number of carbonyl (C=O) groups excluding carboxylic acids is 2. The molecule has 0 unspecified atom stereocenters. The highest BCUT2D eigenvalue weighted by atomic mass is 16.5. The van der Waals surface area contributed by atoms with E-state index in [1.807, 2.05) is 48.5 Å². The summed E-state index contributed by atoms with van der Waals surface area (Å²) in [6.07, 6.45) is 11.2. The summed E-state index contributed by atoms with van der Waals surface area (Å²) in [6.45, 7) is 7.14. The number of ether oxygens (including phenoxy) is 2. The second kappa shape index (κ2) is 14.1. The van der Waals surface area contributed by atoms with Gasteiger partial charge in [-0.3, -0.25) is 9.80 Å². The number of H-pyrrole nitrogens is 2. The molecule has 4 aromatic rings. The Morgan fingerprint density at radius 2 is 1.00 bits per heavy atom. The molecule has 0 bridgehead atoms. The summed E-state index contributed by atoms with van der Waals surface area (Å²) in [7, 11) is 0. The van der Waals surface area contributed by atoms with Crippen LogP contribution in [0.25, 0.3) is 21.8 Å². The monoisotopic (exact) mass is 544 g/mol. The minimum atomic E-state index is -0.237. The summed E-state index contributed by atoms with van der Waals surface area (Å²) in [4.78, 5) is 35.1. The first-order valence-corrected chi connectivity index (χ1v) is 14.6. The van der Waals surface area contributed by atoms with E-state index < -0.39 is 0 Å². The van der Waals surface area contributed by atoms with E-state index in [1.54, 1.807) is 12.4 Å². The van der Waals surface area contributed by atoms with Gasteiger partial charge in [0.05, 0.1) is 11.1 Å². The lowest BCUT2D eigenvalue weighted by atomic mass is 10.1. The van der Waals surface area contributed by atoms with Gasteiger partial charge >= 0.3 is 11.9 Å². The van der Waals surface area contributed by atoms with Crippen LogP contribution in [0.4, 0.5) is 0 Å². The molecule has 0 atom stereocenters. The first-order valence-electron chi connectivity index (χ1n) is 14.6. The molecule has 2 aliphatic rings. The molecule has 2 aromatic carbocycles. The number of esters is 2. The second-order valence-electron chi connectivity index (χ2n) is 10.6. The molecule has 0 amide bonds. The van der Waals surface area contributed by atoms with Crippen molar-refractivity contribution in [3.8, 4) is 0 Å². The summed E-state index contributed by atoms with van der Waals surface area (Å²) in [5.74, 6) is -0.473. The van der Waals surface area contributed by atoms with Gasteiger partial charge in [0.15, 0.2) is 0 Å². The molecule has 6 rings (SSSR count). The van der Waals surface area contributed by atoms with Crippen LogP contribution in [0.1, 0.15) is 59.2 Å². The second-order valence-corrected chi connectivity index (χ2v) is 10.6. The predicted molar refractivity (Wildman–Crippen MR) is 158 cm³/mol. The third-order valence-electron chi connectivity index (χ3n) is 7.80. The van der Waals surface area contributed by atoms with Gasteiger partial charge in [0.25, 0.3) is 0 Å². The summed E-state index contributed by atoms with van der Waals surface area (Å²) in [6, 6.07) is 15.6. The topological polar surface area (TPSA) is 90.7 Å². The van der Waals surface area contributed by atoms with Crippen molar-refractivity contribution in [1.29, 1.82) is 0 Å². The van der Waals surface area contributed by atoms with Crippen molar-refractivity contribution in [3.63, 3.8) is 0 Å². The molecule has 0 aliphatic carbocycles. The van der Waals surface area contributed by atoms with E-state index in [-0.39, 0.29) is 11.9 Å². The minimum Gasteiger partial charge on any atom is -0.461 e. The van der Waals surface area contributed by atoms with Crippen LogP contribution in [0.3, 0.4) is 0 Å². The molecule has 0 radical (unpaired) electrons. The molecule has 8 heteroatoms. The van der Waals surface area contributed by atoms with Crippen LogP contribution in [0.5, 0.6) is 0 Å². The maximum Gasteiger partial charge on any atom is 0.340 e. The Bertz CT molecular complexity index is 1280. The standard InChI is InChI=1S/2C16H20N2O2/c2*19-16(20-11-10-18-8-4-1-5-9-18)14-12-17-15-7-3-2-6-13(14)15/h2*2-3,6-7,12,17H,1,4-5,8-11H2. The molecule has 2 aromatic heterocycles. The quantitative estimate of drug-likeness (QED) is 0.280. The van der Waals surface area contributed by atoms with Crippen molar-refractivity contribution in [2.24, 2.45) is 0 Å². The van der Waals surface area contributed by atoms with Crippen LogP contribution in [0.15, 0.2) is 60.9 Å². The number of hydrogen-bond acceptors (Lipinski definition) is 6. The number of piperidine rings is 2. The van der Waals surface area contributed by atoms with Crippen LogP contribution in [0, 0.1) is 0 Å². The summed E-state index contributed by atoms with van der Waals surface area (Å²) >= 11 is 0. The van der Waals surface area contributed by atoms with E-state index in [2.05, 4.69) is 19.8 Å². The van der Waals surface area contributed by atoms with Crippen molar-refractivity contribution in [1.82, 2.24) is 19.8 Å². The van der Waals surface area contributed by atoms with Crippen LogP contribution < -0.4 is 0 Å². The number of rotatable bonds is 8. The van der Waals surface area contributed by atoms with Gasteiger partial charge in [0, 0.05) is 47.3 Å². The van der Waals surface area contributed by atoms with Gasteiger partial charge < -0.3 is 19.4 Å². The SMILES string of the molecule is O=C(OCCN1CCCCC1)c1c[nH]c2ccccc12.O=C(OCCN1CCCCC1)c1c[nH]c2ccccc12. The van der Waals surface area contributed by atoms with Crippen LogP contribution in [-0.2, 0) is 9.47 Å². The Labute approximate surface area is 235 Å². The molecule has 4 heterocycles. The Morgan fingerprint density at radius 1 is 0.600 bits per heavy atom. The number of hydrogen-bond donors (Lipinski definition) is 2. The first-order chi connectivity index (χ1) is 19.7. The number of aromatic amines is 2. The Morgan fingerprint density at radius 3 is 1.43 bits per heavy atom. The van der Waals surface area contributed by atoms with Gasteiger partial charge in [-0.25, -0.2) is 9.59 Å². The van der Waals surface area contributed by atoms with Crippen molar-refractivity contribution in [3.05, 3.63) is 72.1 Å². The van der Waals surface area contributed by atoms with Gasteiger partial charge in [-0.05, 0) is 64.0 Å². The van der Waals surface area contributed by atoms with E-state index in [1.165, 1.54) is 38.5 Å². The molecule has 2 N–H and O–H groups in total. The average Bonchev–Trinajstić information content (AvgIpc) is 3.64. The fourth-order valence-corrected chi connectivity index (χ4v) is 5.54. The van der Waals surface area contributed by atoms with Crippen molar-refractivity contribution in [2.75, 3.05) is 52.5 Å². The first kappa shape index (κ1) is 27.9. The number of aromatic nitrogens is 2. The number of nitrogens with one attached hydrogen (secondary N) is 2. The Balaban J connectivity index is 0.000000161. The lowest BCUT2D eigenvalue weighted by molar-refractivity contribution is 0.0445. The molecule has 0 saturated carbocycles. The van der Waals surface area contributed by atoms with Crippen LogP contribution in [-0.4, -0.2) is 84.2 Å². The third kappa shape index (κ3) is 7.31. The number of nitrogens with zero attached hydrogens (tertiary/aromatic N) is 2. The van der Waals surface area contributed by atoms with Crippen molar-refractivity contribution < 1.29 is 19.1 Å². The summed E-state index contributed by atoms with van der Waals surface area (Å²) < 4.78 is 10.8. The predicted octanol–water partition coefficient (Wildman–Crippen LogP) is 5.62. The molecule has 2 aliphatic heterocycles. The minimum absolute atomic E-state index is 0.237. The highest BCUT2D eigenvalue weighted by Crippen LogP contribution is 2.19. The normalized spacial score (nSPS) is 16.4. The van der Waals surface area contributed by atoms with E-state index in [9.17, 15) is 9.59 Å². The number of benzene rings is 2. The van der Waals surface area contributed by atoms with Crippen molar-refractivity contribution >= 4 is 33.7 Å². The number of fused-ring (bicyclic) bond motifs is 2. The van der Waals surface area contributed by atoms with E-state index in [4.69, 9.17) is 9.47 Å². The van der Waals surface area contributed by atoms with Crippen LogP contribution in [0.2, 0.25) is 0 Å². The van der Waals surface area contributed by atoms with Crippen LogP contribution >= 0.6 is 0 Å². The summed E-state index contributed by atoms with van der Waals surface area (Å²) in [5.41, 5.74) is 3.18. The fourth-order valence-electron chi connectivity index (χ4n) is 5.54. The maximum absolute atomic E-state index is 12.1. The Kier molecular flexibility index (Phi) is 9.87. The number of carbonyl (C=O) groups is 2.